The van der Waals surface area contributed by atoms with Crippen LogP contribution in [-0.4, -0.2) is 34.7 Å². The van der Waals surface area contributed by atoms with Crippen molar-refractivity contribution >= 4 is 0 Å². The summed E-state index contributed by atoms with van der Waals surface area (Å²) in [7, 11) is 0. The molecular formula is C19H29NO. The normalized spacial score (nSPS) is 24.8. The average Bonchev–Trinajstić information content (AvgIpc) is 2.74. The van der Waals surface area contributed by atoms with Gasteiger partial charge in [-0.05, 0) is 69.7 Å². The van der Waals surface area contributed by atoms with E-state index in [4.69, 9.17) is 0 Å². The molecule has 1 N–H and O–H groups in total. The number of hydrogen-bond acceptors (Lipinski definition) is 2. The third-order valence-electron chi connectivity index (χ3n) is 5.71. The van der Waals surface area contributed by atoms with Gasteiger partial charge in [0.15, 0.2) is 0 Å². The number of likely N-dealkylation sites (tertiary alicyclic amines) is 1. The van der Waals surface area contributed by atoms with Gasteiger partial charge >= 0.3 is 0 Å². The second-order valence-corrected chi connectivity index (χ2v) is 7.41. The van der Waals surface area contributed by atoms with Gasteiger partial charge in [0.05, 0.1) is 6.10 Å². The fraction of sp³-hybridized carbons (Fsp3) is 0.684. The van der Waals surface area contributed by atoms with E-state index in [-0.39, 0.29) is 11.6 Å². The van der Waals surface area contributed by atoms with E-state index in [0.29, 0.717) is 5.92 Å². The van der Waals surface area contributed by atoms with Crippen LogP contribution in [0.5, 0.6) is 0 Å². The maximum Gasteiger partial charge on any atom is 0.0724 e. The Kier molecular flexibility index (Phi) is 4.37. The number of nitrogens with zero attached hydrogens (tertiary/aromatic N) is 1. The molecular weight excluding hydrogens is 258 g/mol. The standard InChI is InChI=1S/C19H29NO/c1-19(2,20-11-7-3-4-8-12-20)18(21)14-16-13-15-9-5-6-10-17(15)16/h5-6,9-10,16,18,21H,3-4,7-8,11-14H2,1-2H3. The van der Waals surface area contributed by atoms with Crippen LogP contribution >= 0.6 is 0 Å². The molecule has 3 rings (SSSR count). The average molecular weight is 287 g/mol. The van der Waals surface area contributed by atoms with Gasteiger partial charge in [-0.15, -0.1) is 0 Å². The molecule has 0 bridgehead atoms. The van der Waals surface area contributed by atoms with Crippen LogP contribution in [0.4, 0.5) is 0 Å². The van der Waals surface area contributed by atoms with Crippen molar-refractivity contribution in [2.75, 3.05) is 13.1 Å². The van der Waals surface area contributed by atoms with E-state index in [1.807, 2.05) is 0 Å². The third-order valence-corrected chi connectivity index (χ3v) is 5.71. The summed E-state index contributed by atoms with van der Waals surface area (Å²) in [5.74, 6) is 0.558. The molecule has 1 saturated heterocycles. The summed E-state index contributed by atoms with van der Waals surface area (Å²) in [6, 6.07) is 8.69. The van der Waals surface area contributed by atoms with E-state index in [2.05, 4.69) is 43.0 Å². The predicted molar refractivity (Wildman–Crippen MR) is 87.6 cm³/mol. The molecule has 1 aromatic rings. The zero-order chi connectivity index (χ0) is 14.9. The lowest BCUT2D eigenvalue weighted by atomic mass is 9.72. The minimum atomic E-state index is -0.242. The lowest BCUT2D eigenvalue weighted by molar-refractivity contribution is -0.0173. The highest BCUT2D eigenvalue weighted by Crippen LogP contribution is 2.40. The maximum atomic E-state index is 10.8. The highest BCUT2D eigenvalue weighted by atomic mass is 16.3. The van der Waals surface area contributed by atoms with Gasteiger partial charge in [0, 0.05) is 5.54 Å². The topological polar surface area (TPSA) is 23.5 Å². The monoisotopic (exact) mass is 287 g/mol. The highest BCUT2D eigenvalue weighted by molar-refractivity contribution is 5.40. The summed E-state index contributed by atoms with van der Waals surface area (Å²) in [5.41, 5.74) is 2.83. The number of aliphatic hydroxyl groups is 1. The Bertz CT molecular complexity index is 474. The molecule has 1 fully saturated rings. The van der Waals surface area contributed by atoms with E-state index in [0.717, 1.165) is 25.9 Å². The van der Waals surface area contributed by atoms with Crippen molar-refractivity contribution < 1.29 is 5.11 Å². The van der Waals surface area contributed by atoms with Gasteiger partial charge < -0.3 is 5.11 Å². The first kappa shape index (κ1) is 15.1. The summed E-state index contributed by atoms with van der Waals surface area (Å²) in [6.45, 7) is 6.75. The number of rotatable bonds is 4. The molecule has 1 aromatic carbocycles. The van der Waals surface area contributed by atoms with Gasteiger partial charge in [0.25, 0.3) is 0 Å². The Morgan fingerprint density at radius 1 is 1.14 bits per heavy atom. The second kappa shape index (κ2) is 6.10. The third kappa shape index (κ3) is 3.02. The second-order valence-electron chi connectivity index (χ2n) is 7.41. The molecule has 1 aliphatic carbocycles. The van der Waals surface area contributed by atoms with Crippen LogP contribution in [0.1, 0.15) is 63.0 Å². The van der Waals surface area contributed by atoms with Gasteiger partial charge in [0.1, 0.15) is 0 Å². The van der Waals surface area contributed by atoms with Gasteiger partial charge in [0.2, 0.25) is 0 Å². The molecule has 0 spiro atoms. The van der Waals surface area contributed by atoms with Crippen LogP contribution < -0.4 is 0 Å². The van der Waals surface area contributed by atoms with Gasteiger partial charge in [-0.2, -0.15) is 0 Å². The van der Waals surface area contributed by atoms with Gasteiger partial charge in [-0.1, -0.05) is 37.1 Å². The molecule has 1 heterocycles. The van der Waals surface area contributed by atoms with Crippen LogP contribution in [0.3, 0.4) is 0 Å². The lowest BCUT2D eigenvalue weighted by Gasteiger charge is -2.44. The quantitative estimate of drug-likeness (QED) is 0.912. The van der Waals surface area contributed by atoms with Crippen LogP contribution in [-0.2, 0) is 6.42 Å². The fourth-order valence-corrected chi connectivity index (χ4v) is 3.99. The van der Waals surface area contributed by atoms with Crippen LogP contribution in [0, 0.1) is 0 Å². The highest BCUT2D eigenvalue weighted by Gasteiger charge is 2.38. The van der Waals surface area contributed by atoms with Crippen molar-refractivity contribution in [3.8, 4) is 0 Å². The van der Waals surface area contributed by atoms with E-state index in [1.165, 1.54) is 36.8 Å². The van der Waals surface area contributed by atoms with Crippen LogP contribution in [0.2, 0.25) is 0 Å². The summed E-state index contributed by atoms with van der Waals surface area (Å²) >= 11 is 0. The SMILES string of the molecule is CC(C)(C(O)CC1Cc2ccccc21)N1CCCCCC1. The molecule has 0 saturated carbocycles. The zero-order valence-corrected chi connectivity index (χ0v) is 13.5. The van der Waals surface area contributed by atoms with Crippen molar-refractivity contribution in [1.29, 1.82) is 0 Å². The first-order valence-corrected chi connectivity index (χ1v) is 8.60. The predicted octanol–water partition coefficient (Wildman–Crippen LogP) is 3.73. The summed E-state index contributed by atoms with van der Waals surface area (Å²) in [6.07, 6.45) is 7.06. The molecule has 2 atom stereocenters. The van der Waals surface area contributed by atoms with E-state index < -0.39 is 0 Å². The van der Waals surface area contributed by atoms with Crippen molar-refractivity contribution in [2.24, 2.45) is 0 Å². The largest absolute Gasteiger partial charge is 0.391 e. The smallest absolute Gasteiger partial charge is 0.0724 e. The summed E-state index contributed by atoms with van der Waals surface area (Å²) < 4.78 is 0. The summed E-state index contributed by atoms with van der Waals surface area (Å²) in [5, 5.41) is 10.8. The van der Waals surface area contributed by atoms with Crippen LogP contribution in [0.15, 0.2) is 24.3 Å². The maximum absolute atomic E-state index is 10.8. The zero-order valence-electron chi connectivity index (χ0n) is 13.5. The number of benzene rings is 1. The van der Waals surface area contributed by atoms with Crippen molar-refractivity contribution in [1.82, 2.24) is 4.90 Å². The Labute approximate surface area is 129 Å². The van der Waals surface area contributed by atoms with E-state index in [1.54, 1.807) is 0 Å². The Hall–Kier alpha value is -0.860. The molecule has 2 nitrogen and oxygen atoms in total. The molecule has 2 unspecified atom stereocenters. The molecule has 0 radical (unpaired) electrons. The molecule has 2 heteroatoms. The molecule has 21 heavy (non-hydrogen) atoms. The van der Waals surface area contributed by atoms with Crippen molar-refractivity contribution in [3.63, 3.8) is 0 Å². The summed E-state index contributed by atoms with van der Waals surface area (Å²) in [4.78, 5) is 2.52. The molecule has 2 aliphatic rings. The van der Waals surface area contributed by atoms with Crippen molar-refractivity contribution in [2.45, 2.75) is 69.9 Å². The number of fused-ring (bicyclic) bond motifs is 1. The first-order chi connectivity index (χ1) is 10.1. The molecule has 116 valence electrons. The van der Waals surface area contributed by atoms with Gasteiger partial charge in [-0.3, -0.25) is 4.90 Å². The minimum Gasteiger partial charge on any atom is -0.391 e. The van der Waals surface area contributed by atoms with Gasteiger partial charge in [-0.25, -0.2) is 0 Å². The Balaban J connectivity index is 1.63. The van der Waals surface area contributed by atoms with E-state index >= 15 is 0 Å². The van der Waals surface area contributed by atoms with Crippen LogP contribution in [0.25, 0.3) is 0 Å². The van der Waals surface area contributed by atoms with Crippen molar-refractivity contribution in [3.05, 3.63) is 35.4 Å². The molecule has 0 amide bonds. The fourth-order valence-electron chi connectivity index (χ4n) is 3.99. The molecule has 0 aromatic heterocycles. The first-order valence-electron chi connectivity index (χ1n) is 8.60. The Morgan fingerprint density at radius 3 is 2.48 bits per heavy atom. The minimum absolute atomic E-state index is 0.102. The Morgan fingerprint density at radius 2 is 1.81 bits per heavy atom. The number of hydrogen-bond donors (Lipinski definition) is 1. The lowest BCUT2D eigenvalue weighted by Crippen LogP contribution is -2.53. The number of aliphatic hydroxyl groups excluding tert-OH is 1. The van der Waals surface area contributed by atoms with E-state index in [9.17, 15) is 5.11 Å². The molecule has 1 aliphatic heterocycles.